The summed E-state index contributed by atoms with van der Waals surface area (Å²) in [4.78, 5) is 8.89. The third-order valence-corrected chi connectivity index (χ3v) is 0. The Labute approximate surface area is 60.9 Å². The fourth-order valence-corrected chi connectivity index (χ4v) is 0. The third kappa shape index (κ3) is 199. The van der Waals surface area contributed by atoms with Gasteiger partial charge in [0.2, 0.25) is 0 Å². The summed E-state index contributed by atoms with van der Waals surface area (Å²) in [5.74, 6) is -1.08. The fraction of sp³-hybridized carbons (Fsp3) is 0.500. The van der Waals surface area contributed by atoms with Gasteiger partial charge in [-0.1, -0.05) is 0 Å². The van der Waals surface area contributed by atoms with E-state index in [1.54, 1.807) is 0 Å². The van der Waals surface area contributed by atoms with Gasteiger partial charge in [-0.3, -0.25) is 0 Å². The van der Waals surface area contributed by atoms with Crippen LogP contribution in [0.3, 0.4) is 0 Å². The molecular formula is C2H5O3Y+2. The molecule has 0 saturated heterocycles. The van der Waals surface area contributed by atoms with Crippen LogP contribution in [0.25, 0.3) is 0 Å². The molecule has 0 spiro atoms. The number of carboxylic acids is 1. The van der Waals surface area contributed by atoms with Crippen molar-refractivity contribution in [1.82, 2.24) is 0 Å². The molecule has 0 aromatic heterocycles. The summed E-state index contributed by atoms with van der Waals surface area (Å²) in [5, 5.41) is 8.89. The molecule has 0 saturated carbocycles. The average Bonchev–Trinajstić information content (AvgIpc) is 0.811. The maximum absolute atomic E-state index is 8.89. The van der Waals surface area contributed by atoms with Gasteiger partial charge >= 0.3 is 32.7 Å². The Bertz CT molecular complexity index is 31.8. The molecule has 3 nitrogen and oxygen atoms in total. The Hall–Kier alpha value is 0.534. The molecule has 0 aliphatic rings. The van der Waals surface area contributed by atoms with Gasteiger partial charge in [-0.15, -0.1) is 0 Å². The Morgan fingerprint density at radius 3 is 1.67 bits per heavy atom. The number of aliphatic carboxylic acids is 1. The van der Waals surface area contributed by atoms with Crippen LogP contribution in [-0.2, 0) is 37.5 Å². The second-order valence-corrected chi connectivity index (χ2v) is 0.492. The monoisotopic (exact) mass is 166 g/mol. The van der Waals surface area contributed by atoms with Gasteiger partial charge in [0.05, 0.1) is 0 Å². The van der Waals surface area contributed by atoms with Crippen LogP contribution < -0.4 is 5.11 Å². The van der Waals surface area contributed by atoms with Crippen LogP contribution in [-0.4, -0.2) is 11.4 Å². The first-order valence-electron chi connectivity index (χ1n) is 0.908. The minimum absolute atomic E-state index is 0. The summed E-state index contributed by atoms with van der Waals surface area (Å²) >= 11 is 0. The van der Waals surface area contributed by atoms with Crippen molar-refractivity contribution in [3.8, 4) is 0 Å². The molecule has 0 atom stereocenters. The minimum atomic E-state index is -1.08. The van der Waals surface area contributed by atoms with Crippen molar-refractivity contribution < 1.29 is 48.1 Å². The first kappa shape index (κ1) is 16.0. The summed E-state index contributed by atoms with van der Waals surface area (Å²) in [6.45, 7) is 0.972. The number of carbonyl (C=O) groups is 1. The van der Waals surface area contributed by atoms with Crippen LogP contribution in [0.2, 0.25) is 0 Å². The molecule has 0 rings (SSSR count). The predicted molar refractivity (Wildman–Crippen MR) is 14.3 cm³/mol. The predicted octanol–water partition coefficient (Wildman–Crippen LogP) is -2.07. The standard InChI is InChI=1S/C2H4O2.H2O.Y/c1-2(3)4;;/h1H3,(H,3,4);1H2;/q;;+3/p-1. The van der Waals surface area contributed by atoms with E-state index in [1.165, 1.54) is 0 Å². The fourth-order valence-electron chi connectivity index (χ4n) is 0. The van der Waals surface area contributed by atoms with E-state index in [2.05, 4.69) is 0 Å². The van der Waals surface area contributed by atoms with E-state index in [9.17, 15) is 0 Å². The van der Waals surface area contributed by atoms with Crippen molar-refractivity contribution in [2.24, 2.45) is 0 Å². The zero-order chi connectivity index (χ0) is 3.58. The van der Waals surface area contributed by atoms with Crippen LogP contribution in [0.4, 0.5) is 0 Å². The molecule has 6 heavy (non-hydrogen) atoms. The summed E-state index contributed by atoms with van der Waals surface area (Å²) < 4.78 is 0. The molecule has 32 valence electrons. The number of carbonyl (C=O) groups excluding carboxylic acids is 1. The number of hydrogen-bond donors (Lipinski definition) is 0. The number of hydrogen-bond acceptors (Lipinski definition) is 2. The topological polar surface area (TPSA) is 71.6 Å². The molecule has 0 aromatic rings. The maximum Gasteiger partial charge on any atom is 3.00 e. The van der Waals surface area contributed by atoms with Crippen molar-refractivity contribution >= 4 is 5.97 Å². The first-order valence-corrected chi connectivity index (χ1v) is 0.908. The van der Waals surface area contributed by atoms with E-state index in [1.807, 2.05) is 0 Å². The minimum Gasteiger partial charge on any atom is -0.550 e. The zero-order valence-corrected chi connectivity index (χ0v) is 6.23. The molecule has 0 aromatic carbocycles. The maximum atomic E-state index is 8.89. The van der Waals surface area contributed by atoms with E-state index in [-0.39, 0.29) is 38.2 Å². The molecule has 0 bridgehead atoms. The summed E-state index contributed by atoms with van der Waals surface area (Å²) in [7, 11) is 0. The SMILES string of the molecule is CC(=O)[O-].O.[Y+3]. The van der Waals surface area contributed by atoms with Crippen molar-refractivity contribution in [3.05, 3.63) is 0 Å². The van der Waals surface area contributed by atoms with E-state index in [0.717, 1.165) is 6.92 Å². The smallest absolute Gasteiger partial charge is 0.550 e. The molecule has 0 fully saturated rings. The van der Waals surface area contributed by atoms with Crippen LogP contribution in [0, 0.1) is 0 Å². The van der Waals surface area contributed by atoms with E-state index in [4.69, 9.17) is 9.90 Å². The number of rotatable bonds is 0. The third-order valence-electron chi connectivity index (χ3n) is 0. The molecule has 0 unspecified atom stereocenters. The second-order valence-electron chi connectivity index (χ2n) is 0.492. The van der Waals surface area contributed by atoms with Crippen molar-refractivity contribution in [1.29, 1.82) is 0 Å². The molecule has 4 heteroatoms. The summed E-state index contributed by atoms with van der Waals surface area (Å²) in [6.07, 6.45) is 0. The van der Waals surface area contributed by atoms with Gasteiger partial charge in [-0.25, -0.2) is 0 Å². The van der Waals surface area contributed by atoms with Crippen molar-refractivity contribution in [2.75, 3.05) is 0 Å². The van der Waals surface area contributed by atoms with Gasteiger partial charge < -0.3 is 15.4 Å². The molecule has 0 amide bonds. The summed E-state index contributed by atoms with van der Waals surface area (Å²) in [6, 6.07) is 0. The van der Waals surface area contributed by atoms with Gasteiger partial charge in [0.1, 0.15) is 0 Å². The molecule has 0 aliphatic carbocycles. The normalized spacial score (nSPS) is 4.17. The summed E-state index contributed by atoms with van der Waals surface area (Å²) in [5.41, 5.74) is 0. The molecule has 0 radical (unpaired) electrons. The molecule has 2 N–H and O–H groups in total. The van der Waals surface area contributed by atoms with Crippen molar-refractivity contribution in [3.63, 3.8) is 0 Å². The quantitative estimate of drug-likeness (QED) is 0.414. The van der Waals surface area contributed by atoms with Gasteiger partial charge in [-0.2, -0.15) is 0 Å². The van der Waals surface area contributed by atoms with Crippen molar-refractivity contribution in [2.45, 2.75) is 6.92 Å². The van der Waals surface area contributed by atoms with Crippen LogP contribution in [0.5, 0.6) is 0 Å². The largest absolute Gasteiger partial charge is 3.00 e. The Balaban J connectivity index is -0.0000000450. The van der Waals surface area contributed by atoms with Gasteiger partial charge in [0, 0.05) is 5.97 Å². The zero-order valence-electron chi connectivity index (χ0n) is 3.39. The van der Waals surface area contributed by atoms with Gasteiger partial charge in [0.25, 0.3) is 0 Å². The Morgan fingerprint density at radius 2 is 1.67 bits per heavy atom. The molecule has 0 heterocycles. The average molecular weight is 166 g/mol. The first-order chi connectivity index (χ1) is 1.73. The molecule has 0 aliphatic heterocycles. The van der Waals surface area contributed by atoms with E-state index in [0.29, 0.717) is 0 Å². The second kappa shape index (κ2) is 9.11. The van der Waals surface area contributed by atoms with E-state index >= 15 is 0 Å². The Kier molecular flexibility index (Phi) is 24.3. The Morgan fingerprint density at radius 1 is 1.67 bits per heavy atom. The van der Waals surface area contributed by atoms with Crippen LogP contribution in [0.1, 0.15) is 6.92 Å². The van der Waals surface area contributed by atoms with E-state index < -0.39 is 5.97 Å². The van der Waals surface area contributed by atoms with Crippen LogP contribution >= 0.6 is 0 Å². The van der Waals surface area contributed by atoms with Gasteiger partial charge in [-0.05, 0) is 6.92 Å². The van der Waals surface area contributed by atoms with Gasteiger partial charge in [0.15, 0.2) is 0 Å². The molecular weight excluding hydrogens is 161 g/mol. The number of carboxylic acid groups (broad SMARTS) is 1. The van der Waals surface area contributed by atoms with Crippen LogP contribution in [0.15, 0.2) is 0 Å².